The molecule has 1 atom stereocenters. The number of ether oxygens (including phenoxy) is 2. The number of hydrogen-bond donors (Lipinski definition) is 0. The van der Waals surface area contributed by atoms with Crippen LogP contribution in [0.4, 0.5) is 0 Å². The van der Waals surface area contributed by atoms with Gasteiger partial charge in [0.2, 0.25) is 0 Å². The monoisotopic (exact) mass is 102 g/mol. The van der Waals surface area contributed by atoms with Gasteiger partial charge >= 0.3 is 0 Å². The summed E-state index contributed by atoms with van der Waals surface area (Å²) in [6.07, 6.45) is 1.45. The molecule has 0 amide bonds. The lowest BCUT2D eigenvalue weighted by molar-refractivity contribution is -0.132. The van der Waals surface area contributed by atoms with Crippen LogP contribution in [0, 0.1) is 0 Å². The summed E-state index contributed by atoms with van der Waals surface area (Å²) in [5.74, 6) is 0. The van der Waals surface area contributed by atoms with E-state index in [1.807, 2.05) is 0 Å². The highest BCUT2D eigenvalue weighted by Gasteiger charge is 2.05. The van der Waals surface area contributed by atoms with Crippen molar-refractivity contribution in [1.82, 2.24) is 0 Å². The second-order valence-corrected chi connectivity index (χ2v) is 1.79. The first-order valence-electron chi connectivity index (χ1n) is 2.59. The summed E-state index contributed by atoms with van der Waals surface area (Å²) in [5, 5.41) is 0. The van der Waals surface area contributed by atoms with E-state index in [9.17, 15) is 0 Å². The standard InChI is InChI=1S/C5H10O2/c1-5-2-3-6-4-7-5/h5H,2-4H2,1H3/t5-/m1/s1. The van der Waals surface area contributed by atoms with Crippen LogP contribution in [-0.2, 0) is 9.47 Å². The molecule has 0 aromatic carbocycles. The van der Waals surface area contributed by atoms with E-state index in [0.717, 1.165) is 13.0 Å². The lowest BCUT2D eigenvalue weighted by Gasteiger charge is -2.17. The van der Waals surface area contributed by atoms with Crippen molar-refractivity contribution >= 4 is 0 Å². The van der Waals surface area contributed by atoms with Crippen molar-refractivity contribution in [3.63, 3.8) is 0 Å². The van der Waals surface area contributed by atoms with Crippen molar-refractivity contribution in [2.75, 3.05) is 13.4 Å². The Balaban J connectivity index is 2.12. The molecule has 1 rings (SSSR count). The van der Waals surface area contributed by atoms with E-state index >= 15 is 0 Å². The summed E-state index contributed by atoms with van der Waals surface area (Å²) in [6, 6.07) is 0. The van der Waals surface area contributed by atoms with Gasteiger partial charge in [0.25, 0.3) is 0 Å². The average Bonchev–Trinajstić information content (AvgIpc) is 1.69. The smallest absolute Gasteiger partial charge is 0.147 e. The van der Waals surface area contributed by atoms with E-state index < -0.39 is 0 Å². The quantitative estimate of drug-likeness (QED) is 0.449. The first-order valence-corrected chi connectivity index (χ1v) is 2.59. The minimum absolute atomic E-state index is 0.411. The highest BCUT2D eigenvalue weighted by atomic mass is 16.7. The van der Waals surface area contributed by atoms with Crippen LogP contribution < -0.4 is 0 Å². The van der Waals surface area contributed by atoms with Crippen LogP contribution in [0.3, 0.4) is 0 Å². The summed E-state index contributed by atoms with van der Waals surface area (Å²) in [5.41, 5.74) is 0. The zero-order valence-corrected chi connectivity index (χ0v) is 4.52. The molecular formula is C5H10O2. The van der Waals surface area contributed by atoms with Gasteiger partial charge in [0.05, 0.1) is 12.7 Å². The van der Waals surface area contributed by atoms with Gasteiger partial charge in [-0.05, 0) is 13.3 Å². The molecule has 1 fully saturated rings. The molecule has 0 bridgehead atoms. The van der Waals surface area contributed by atoms with Crippen LogP contribution in [-0.4, -0.2) is 19.5 Å². The predicted octanol–water partition coefficient (Wildman–Crippen LogP) is 0.769. The molecule has 2 nitrogen and oxygen atoms in total. The Morgan fingerprint density at radius 3 is 2.71 bits per heavy atom. The third-order valence-electron chi connectivity index (χ3n) is 1.10. The van der Waals surface area contributed by atoms with E-state index in [4.69, 9.17) is 9.47 Å². The van der Waals surface area contributed by atoms with Gasteiger partial charge in [-0.1, -0.05) is 0 Å². The highest BCUT2D eigenvalue weighted by molar-refractivity contribution is 4.49. The molecule has 7 heavy (non-hydrogen) atoms. The molecule has 0 saturated carbocycles. The topological polar surface area (TPSA) is 18.5 Å². The second-order valence-electron chi connectivity index (χ2n) is 1.79. The van der Waals surface area contributed by atoms with Crippen molar-refractivity contribution in [3.05, 3.63) is 0 Å². The molecule has 0 radical (unpaired) electrons. The maximum absolute atomic E-state index is 5.06. The van der Waals surface area contributed by atoms with Crippen LogP contribution >= 0.6 is 0 Å². The largest absolute Gasteiger partial charge is 0.355 e. The van der Waals surface area contributed by atoms with Gasteiger partial charge < -0.3 is 9.47 Å². The highest BCUT2D eigenvalue weighted by Crippen LogP contribution is 2.02. The maximum Gasteiger partial charge on any atom is 0.147 e. The molecule has 1 heterocycles. The van der Waals surface area contributed by atoms with Gasteiger partial charge in [-0.3, -0.25) is 0 Å². The van der Waals surface area contributed by atoms with Gasteiger partial charge in [-0.15, -0.1) is 0 Å². The van der Waals surface area contributed by atoms with Gasteiger partial charge in [-0.25, -0.2) is 0 Å². The van der Waals surface area contributed by atoms with Crippen molar-refractivity contribution in [1.29, 1.82) is 0 Å². The van der Waals surface area contributed by atoms with Crippen molar-refractivity contribution in [3.8, 4) is 0 Å². The molecule has 0 unspecified atom stereocenters. The summed E-state index contributed by atoms with van der Waals surface area (Å²) in [7, 11) is 0. The van der Waals surface area contributed by atoms with Crippen molar-refractivity contribution in [2.45, 2.75) is 19.4 Å². The summed E-state index contributed by atoms with van der Waals surface area (Å²) in [4.78, 5) is 0. The molecule has 0 aromatic rings. The van der Waals surface area contributed by atoms with Gasteiger partial charge in [-0.2, -0.15) is 0 Å². The third-order valence-corrected chi connectivity index (χ3v) is 1.10. The minimum Gasteiger partial charge on any atom is -0.355 e. The molecule has 1 aliphatic rings. The SMILES string of the molecule is C[C@@H]1CCOCO1. The fourth-order valence-corrected chi connectivity index (χ4v) is 0.556. The van der Waals surface area contributed by atoms with Crippen LogP contribution in [0.5, 0.6) is 0 Å². The lowest BCUT2D eigenvalue weighted by Crippen LogP contribution is -2.20. The predicted molar refractivity (Wildman–Crippen MR) is 26.0 cm³/mol. The Morgan fingerprint density at radius 1 is 1.57 bits per heavy atom. The minimum atomic E-state index is 0.411. The molecule has 0 N–H and O–H groups in total. The van der Waals surface area contributed by atoms with Crippen LogP contribution in [0.15, 0.2) is 0 Å². The molecule has 42 valence electrons. The van der Waals surface area contributed by atoms with Crippen molar-refractivity contribution < 1.29 is 9.47 Å². The number of rotatable bonds is 0. The van der Waals surface area contributed by atoms with Crippen LogP contribution in [0.25, 0.3) is 0 Å². The molecule has 2 heteroatoms. The van der Waals surface area contributed by atoms with E-state index in [-0.39, 0.29) is 0 Å². The lowest BCUT2D eigenvalue weighted by atomic mass is 10.3. The molecular weight excluding hydrogens is 92.1 g/mol. The molecule has 0 spiro atoms. The zero-order valence-electron chi connectivity index (χ0n) is 4.52. The first-order chi connectivity index (χ1) is 3.39. The Morgan fingerprint density at radius 2 is 2.43 bits per heavy atom. The van der Waals surface area contributed by atoms with E-state index in [0.29, 0.717) is 12.9 Å². The average molecular weight is 102 g/mol. The third kappa shape index (κ3) is 1.45. The summed E-state index contributed by atoms with van der Waals surface area (Å²) < 4.78 is 9.97. The maximum atomic E-state index is 5.06. The normalized spacial score (nSPS) is 33.0. The molecule has 1 aliphatic heterocycles. The van der Waals surface area contributed by atoms with Gasteiger partial charge in [0, 0.05) is 0 Å². The fourth-order valence-electron chi connectivity index (χ4n) is 0.556. The van der Waals surface area contributed by atoms with Crippen molar-refractivity contribution in [2.24, 2.45) is 0 Å². The Kier molecular flexibility index (Phi) is 1.65. The van der Waals surface area contributed by atoms with E-state index in [1.54, 1.807) is 0 Å². The van der Waals surface area contributed by atoms with E-state index in [1.165, 1.54) is 0 Å². The fraction of sp³-hybridized carbons (Fsp3) is 1.00. The van der Waals surface area contributed by atoms with E-state index in [2.05, 4.69) is 6.92 Å². The Bertz CT molecular complexity index is 48.0. The molecule has 0 aliphatic carbocycles. The summed E-state index contributed by atoms with van der Waals surface area (Å²) in [6.45, 7) is 3.41. The Hall–Kier alpha value is -0.0800. The Labute approximate surface area is 43.4 Å². The molecule has 1 saturated heterocycles. The molecule has 0 aromatic heterocycles. The number of hydrogen-bond acceptors (Lipinski definition) is 2. The first kappa shape index (κ1) is 5.06. The second kappa shape index (κ2) is 2.28. The van der Waals surface area contributed by atoms with Crippen LogP contribution in [0.1, 0.15) is 13.3 Å². The van der Waals surface area contributed by atoms with Gasteiger partial charge in [0.15, 0.2) is 0 Å². The van der Waals surface area contributed by atoms with Crippen LogP contribution in [0.2, 0.25) is 0 Å². The van der Waals surface area contributed by atoms with Gasteiger partial charge in [0.1, 0.15) is 6.79 Å². The summed E-state index contributed by atoms with van der Waals surface area (Å²) >= 11 is 0. The zero-order chi connectivity index (χ0) is 5.11.